The first-order valence-electron chi connectivity index (χ1n) is 7.80. The van der Waals surface area contributed by atoms with Gasteiger partial charge in [0, 0.05) is 25.9 Å². The molecule has 0 aromatic carbocycles. The van der Waals surface area contributed by atoms with Crippen LogP contribution < -0.4 is 11.1 Å². The third-order valence-corrected chi connectivity index (χ3v) is 4.09. The second-order valence-corrected chi connectivity index (χ2v) is 6.53. The Bertz CT molecular complexity index is 476. The maximum atomic E-state index is 12.9. The Kier molecular flexibility index (Phi) is 6.60. The Morgan fingerprint density at radius 3 is 2.57 bits per heavy atom. The van der Waals surface area contributed by atoms with Crippen molar-refractivity contribution < 1.29 is 19.1 Å². The van der Waals surface area contributed by atoms with E-state index in [1.165, 1.54) is 6.92 Å². The third kappa shape index (κ3) is 5.58. The summed E-state index contributed by atoms with van der Waals surface area (Å²) in [5.74, 6) is -0.369. The van der Waals surface area contributed by atoms with Gasteiger partial charge in [-0.25, -0.2) is 4.79 Å². The molecule has 0 spiro atoms. The zero-order valence-corrected chi connectivity index (χ0v) is 14.1. The highest BCUT2D eigenvalue weighted by Crippen LogP contribution is 2.31. The van der Waals surface area contributed by atoms with Crippen LogP contribution in [0.2, 0.25) is 0 Å². The Balaban J connectivity index is 2.76. The highest BCUT2D eigenvalue weighted by atomic mass is 16.6. The number of amides is 3. The number of hydrogen-bond donors (Lipinski definition) is 2. The Hall–Kier alpha value is -2.05. The summed E-state index contributed by atoms with van der Waals surface area (Å²) in [6.45, 7) is 9.70. The number of primary amides is 1. The van der Waals surface area contributed by atoms with Crippen molar-refractivity contribution >= 4 is 17.9 Å². The van der Waals surface area contributed by atoms with Crippen LogP contribution in [0.1, 0.15) is 40.0 Å². The van der Waals surface area contributed by atoms with Crippen LogP contribution in [0.15, 0.2) is 12.7 Å². The van der Waals surface area contributed by atoms with Crippen LogP contribution in [0.4, 0.5) is 4.79 Å². The molecule has 7 heteroatoms. The predicted molar refractivity (Wildman–Crippen MR) is 86.5 cm³/mol. The molecule has 23 heavy (non-hydrogen) atoms. The summed E-state index contributed by atoms with van der Waals surface area (Å²) in [4.78, 5) is 36.5. The summed E-state index contributed by atoms with van der Waals surface area (Å²) in [6, 6.07) is 0. The average molecular weight is 325 g/mol. The predicted octanol–water partition coefficient (Wildman–Crippen LogP) is 1.18. The molecule has 3 N–H and O–H groups in total. The van der Waals surface area contributed by atoms with Crippen molar-refractivity contribution in [2.24, 2.45) is 11.7 Å². The molecular weight excluding hydrogens is 298 g/mol. The smallest absolute Gasteiger partial charge is 0.404 e. The second-order valence-electron chi connectivity index (χ2n) is 6.53. The molecule has 0 heterocycles. The van der Waals surface area contributed by atoms with E-state index in [0.29, 0.717) is 32.4 Å². The van der Waals surface area contributed by atoms with Gasteiger partial charge in [-0.15, -0.1) is 6.58 Å². The van der Waals surface area contributed by atoms with Crippen molar-refractivity contribution in [1.29, 1.82) is 0 Å². The van der Waals surface area contributed by atoms with E-state index < -0.39 is 11.6 Å². The summed E-state index contributed by atoms with van der Waals surface area (Å²) < 4.78 is 4.99. The molecule has 1 rings (SSSR count). The van der Waals surface area contributed by atoms with Crippen molar-refractivity contribution in [3.63, 3.8) is 0 Å². The quantitative estimate of drug-likeness (QED) is 0.686. The van der Waals surface area contributed by atoms with Gasteiger partial charge in [-0.3, -0.25) is 9.59 Å². The number of ether oxygens (including phenoxy) is 1. The number of hydrogen-bond acceptors (Lipinski definition) is 4. The van der Waals surface area contributed by atoms with Gasteiger partial charge in [0.1, 0.15) is 6.10 Å². The maximum Gasteiger partial charge on any atom is 0.404 e. The molecule has 1 aliphatic rings. The molecule has 130 valence electrons. The van der Waals surface area contributed by atoms with Gasteiger partial charge >= 0.3 is 6.09 Å². The minimum atomic E-state index is -0.808. The summed E-state index contributed by atoms with van der Waals surface area (Å²) >= 11 is 0. The molecule has 0 saturated heterocycles. The molecule has 2 atom stereocenters. The van der Waals surface area contributed by atoms with Crippen molar-refractivity contribution in [2.45, 2.75) is 51.7 Å². The number of carbonyl (C=O) groups excluding carboxylic acids is 3. The summed E-state index contributed by atoms with van der Waals surface area (Å²) in [5.41, 5.74) is 4.49. The number of nitrogens with two attached hydrogens (primary N) is 1. The Morgan fingerprint density at radius 2 is 2.04 bits per heavy atom. The lowest BCUT2D eigenvalue weighted by Crippen LogP contribution is -2.55. The minimum Gasteiger partial charge on any atom is -0.446 e. The van der Waals surface area contributed by atoms with Crippen LogP contribution in [0.3, 0.4) is 0 Å². The van der Waals surface area contributed by atoms with Gasteiger partial charge in [0.2, 0.25) is 11.8 Å². The first kappa shape index (κ1) is 19.0. The fourth-order valence-corrected chi connectivity index (χ4v) is 2.86. The second kappa shape index (κ2) is 7.99. The normalized spacial score (nSPS) is 20.7. The molecule has 0 radical (unpaired) electrons. The van der Waals surface area contributed by atoms with E-state index in [1.54, 1.807) is 11.0 Å². The van der Waals surface area contributed by atoms with Crippen LogP contribution >= 0.6 is 0 Å². The number of rotatable bonds is 7. The van der Waals surface area contributed by atoms with Crippen LogP contribution in [-0.2, 0) is 14.3 Å². The van der Waals surface area contributed by atoms with E-state index in [-0.39, 0.29) is 23.8 Å². The van der Waals surface area contributed by atoms with Gasteiger partial charge < -0.3 is 20.7 Å². The Morgan fingerprint density at radius 1 is 1.39 bits per heavy atom. The van der Waals surface area contributed by atoms with Gasteiger partial charge in [0.25, 0.3) is 0 Å². The van der Waals surface area contributed by atoms with Gasteiger partial charge in [-0.05, 0) is 33.1 Å². The van der Waals surface area contributed by atoms with Crippen molar-refractivity contribution in [3.05, 3.63) is 12.7 Å². The van der Waals surface area contributed by atoms with Crippen LogP contribution in [0.5, 0.6) is 0 Å². The first-order chi connectivity index (χ1) is 10.7. The Labute approximate surface area is 137 Å². The van der Waals surface area contributed by atoms with E-state index in [4.69, 9.17) is 10.5 Å². The lowest BCUT2D eigenvalue weighted by molar-refractivity contribution is -0.140. The van der Waals surface area contributed by atoms with E-state index in [9.17, 15) is 14.4 Å². The lowest BCUT2D eigenvalue weighted by Gasteiger charge is -2.39. The topological polar surface area (TPSA) is 102 Å². The highest BCUT2D eigenvalue weighted by Gasteiger charge is 2.38. The largest absolute Gasteiger partial charge is 0.446 e. The molecule has 0 bridgehead atoms. The molecule has 2 unspecified atom stereocenters. The molecule has 0 aromatic rings. The van der Waals surface area contributed by atoms with Crippen molar-refractivity contribution in [1.82, 2.24) is 10.2 Å². The molecule has 1 aliphatic carbocycles. The van der Waals surface area contributed by atoms with Crippen LogP contribution in [0.25, 0.3) is 0 Å². The zero-order valence-electron chi connectivity index (χ0n) is 14.1. The van der Waals surface area contributed by atoms with E-state index >= 15 is 0 Å². The summed E-state index contributed by atoms with van der Waals surface area (Å²) in [7, 11) is 0. The molecule has 1 fully saturated rings. The zero-order chi connectivity index (χ0) is 17.6. The SMILES string of the molecule is C=CCN(C(=O)C1CCC(OC(N)=O)C1)C(C)(C)CNC(C)=O. The minimum absolute atomic E-state index is 0.0178. The van der Waals surface area contributed by atoms with Gasteiger partial charge in [0.05, 0.1) is 5.54 Å². The number of carbonyl (C=O) groups is 3. The number of nitrogens with zero attached hydrogens (tertiary/aromatic N) is 1. The fourth-order valence-electron chi connectivity index (χ4n) is 2.86. The van der Waals surface area contributed by atoms with Crippen molar-refractivity contribution in [3.8, 4) is 0 Å². The summed E-state index contributed by atoms with van der Waals surface area (Å²) in [6.07, 6.45) is 2.32. The van der Waals surface area contributed by atoms with E-state index in [0.717, 1.165) is 0 Å². The molecule has 7 nitrogen and oxygen atoms in total. The third-order valence-electron chi connectivity index (χ3n) is 4.09. The van der Waals surface area contributed by atoms with E-state index in [2.05, 4.69) is 11.9 Å². The van der Waals surface area contributed by atoms with Gasteiger partial charge in [-0.1, -0.05) is 6.08 Å². The molecular formula is C16H27N3O4. The molecule has 3 amide bonds. The fraction of sp³-hybridized carbons (Fsp3) is 0.688. The van der Waals surface area contributed by atoms with Gasteiger partial charge in [0.15, 0.2) is 0 Å². The molecule has 1 saturated carbocycles. The van der Waals surface area contributed by atoms with E-state index in [1.807, 2.05) is 13.8 Å². The lowest BCUT2D eigenvalue weighted by atomic mass is 9.98. The highest BCUT2D eigenvalue weighted by molar-refractivity contribution is 5.80. The van der Waals surface area contributed by atoms with Gasteiger partial charge in [-0.2, -0.15) is 0 Å². The molecule has 0 aliphatic heterocycles. The average Bonchev–Trinajstić information content (AvgIpc) is 2.89. The number of nitrogens with one attached hydrogen (secondary N) is 1. The first-order valence-corrected chi connectivity index (χ1v) is 7.80. The monoisotopic (exact) mass is 325 g/mol. The van der Waals surface area contributed by atoms with Crippen LogP contribution in [-0.4, -0.2) is 47.5 Å². The van der Waals surface area contributed by atoms with Crippen molar-refractivity contribution in [2.75, 3.05) is 13.1 Å². The molecule has 0 aromatic heterocycles. The standard InChI is InChI=1S/C16H27N3O4/c1-5-8-19(16(3,4)10-18-11(2)20)14(21)12-6-7-13(9-12)23-15(17)22/h5,12-13H,1,6-10H2,2-4H3,(H2,17,22)(H,18,20). The van der Waals surface area contributed by atoms with Crippen LogP contribution in [0, 0.1) is 5.92 Å². The maximum absolute atomic E-state index is 12.9. The summed E-state index contributed by atoms with van der Waals surface area (Å²) in [5, 5.41) is 2.75.